The number of pyridine rings is 2. The van der Waals surface area contributed by atoms with E-state index in [0.717, 1.165) is 11.1 Å². The first-order chi connectivity index (χ1) is 13.6. The molecule has 0 aliphatic carbocycles. The van der Waals surface area contributed by atoms with Crippen LogP contribution in [0.3, 0.4) is 0 Å². The second-order valence-electron chi connectivity index (χ2n) is 5.90. The van der Waals surface area contributed by atoms with E-state index >= 15 is 0 Å². The Bertz CT molecular complexity index is 1210. The highest BCUT2D eigenvalue weighted by molar-refractivity contribution is 6.39. The van der Waals surface area contributed by atoms with E-state index in [1.165, 1.54) is 12.1 Å². The number of nitriles is 1. The van der Waals surface area contributed by atoms with E-state index in [-0.39, 0.29) is 6.61 Å². The number of nitrogens with one attached hydrogen (secondary N) is 2. The van der Waals surface area contributed by atoms with E-state index in [0.29, 0.717) is 44.1 Å². The lowest BCUT2D eigenvalue weighted by atomic mass is 10.1. The normalized spacial score (nSPS) is 10.8. The van der Waals surface area contributed by atoms with E-state index in [4.69, 9.17) is 28.5 Å². The van der Waals surface area contributed by atoms with Crippen LogP contribution in [0.15, 0.2) is 42.7 Å². The summed E-state index contributed by atoms with van der Waals surface area (Å²) >= 11 is 12.6. The summed E-state index contributed by atoms with van der Waals surface area (Å²) in [6.07, 6.45) is 3.23. The third-order valence-corrected chi connectivity index (χ3v) is 4.66. The van der Waals surface area contributed by atoms with E-state index in [2.05, 4.69) is 25.3 Å². The predicted molar refractivity (Wildman–Crippen MR) is 108 cm³/mol. The molecule has 7 nitrogen and oxygen atoms in total. The average molecular weight is 411 g/mol. The van der Waals surface area contributed by atoms with Gasteiger partial charge in [-0.05, 0) is 35.9 Å². The number of aliphatic hydroxyl groups is 1. The maximum atomic E-state index is 9.28. The second-order valence-corrected chi connectivity index (χ2v) is 6.71. The van der Waals surface area contributed by atoms with E-state index in [1.54, 1.807) is 30.6 Å². The third-order valence-electron chi connectivity index (χ3n) is 4.06. The van der Waals surface area contributed by atoms with Gasteiger partial charge >= 0.3 is 0 Å². The Hall–Kier alpha value is -3.18. The fraction of sp³-hybridized carbons (Fsp3) is 0.0526. The van der Waals surface area contributed by atoms with Crippen molar-refractivity contribution in [3.05, 3.63) is 63.9 Å². The molecule has 0 aliphatic rings. The number of H-pyrrole nitrogens is 1. The minimum absolute atomic E-state index is 0.0862. The van der Waals surface area contributed by atoms with Crippen LogP contribution in [-0.4, -0.2) is 25.0 Å². The summed E-state index contributed by atoms with van der Waals surface area (Å²) in [5.41, 5.74) is 2.90. The molecule has 0 spiro atoms. The van der Waals surface area contributed by atoms with Crippen LogP contribution in [-0.2, 0) is 6.61 Å². The van der Waals surface area contributed by atoms with Crippen LogP contribution < -0.4 is 5.32 Å². The van der Waals surface area contributed by atoms with Gasteiger partial charge in [-0.2, -0.15) is 5.26 Å². The second kappa shape index (κ2) is 7.44. The number of halogens is 2. The molecule has 0 radical (unpaired) electrons. The number of anilines is 2. The van der Waals surface area contributed by atoms with E-state index in [9.17, 15) is 5.11 Å². The molecule has 0 amide bonds. The quantitative estimate of drug-likeness (QED) is 0.458. The molecular weight excluding hydrogens is 399 g/mol. The number of aliphatic hydroxyl groups excluding tert-OH is 1. The van der Waals surface area contributed by atoms with Gasteiger partial charge in [0.25, 0.3) is 0 Å². The van der Waals surface area contributed by atoms with Crippen LogP contribution in [0.2, 0.25) is 10.0 Å². The minimum atomic E-state index is -0.0862. The number of hydrogen-bond acceptors (Lipinski definition) is 6. The van der Waals surface area contributed by atoms with E-state index in [1.807, 2.05) is 6.07 Å². The summed E-state index contributed by atoms with van der Waals surface area (Å²) < 4.78 is 0. The Morgan fingerprint density at radius 1 is 1.11 bits per heavy atom. The van der Waals surface area contributed by atoms with Gasteiger partial charge in [-0.15, -0.1) is 0 Å². The summed E-state index contributed by atoms with van der Waals surface area (Å²) in [7, 11) is 0. The van der Waals surface area contributed by atoms with Gasteiger partial charge in [-0.1, -0.05) is 23.2 Å². The zero-order valence-electron chi connectivity index (χ0n) is 14.2. The molecule has 138 valence electrons. The van der Waals surface area contributed by atoms with Crippen molar-refractivity contribution in [2.75, 3.05) is 5.32 Å². The first kappa shape index (κ1) is 18.2. The van der Waals surface area contributed by atoms with Crippen molar-refractivity contribution in [2.45, 2.75) is 6.61 Å². The fourth-order valence-corrected chi connectivity index (χ4v) is 3.44. The molecule has 1 aromatic carbocycles. The highest BCUT2D eigenvalue weighted by Gasteiger charge is 2.16. The number of aromatic nitrogens is 4. The highest BCUT2D eigenvalue weighted by Crippen LogP contribution is 2.36. The van der Waals surface area contributed by atoms with Gasteiger partial charge in [0.15, 0.2) is 5.82 Å². The largest absolute Gasteiger partial charge is 0.392 e. The van der Waals surface area contributed by atoms with Crippen LogP contribution in [0, 0.1) is 11.3 Å². The van der Waals surface area contributed by atoms with Crippen molar-refractivity contribution in [3.8, 4) is 17.5 Å². The Balaban J connectivity index is 1.79. The van der Waals surface area contributed by atoms with Gasteiger partial charge in [-0.25, -0.2) is 15.0 Å². The number of aromatic amines is 1. The zero-order valence-corrected chi connectivity index (χ0v) is 15.8. The standard InChI is InChI=1S/C19H12Cl2N6O/c20-12-5-11(8-22)6-13(21)16(12)18-25-14-2-4-24-19(17(14)27-18)26-15-7-10(9-28)1-3-23-15/h1-7,28H,9H2,(H,25,27)(H,23,24,26). The Kier molecular flexibility index (Phi) is 4.84. The number of hydrogen-bond donors (Lipinski definition) is 3. The topological polar surface area (TPSA) is 111 Å². The van der Waals surface area contributed by atoms with Crippen molar-refractivity contribution in [1.29, 1.82) is 5.26 Å². The fourth-order valence-electron chi connectivity index (χ4n) is 2.77. The first-order valence-corrected chi connectivity index (χ1v) is 8.91. The van der Waals surface area contributed by atoms with Crippen LogP contribution in [0.4, 0.5) is 11.6 Å². The molecule has 0 atom stereocenters. The van der Waals surface area contributed by atoms with E-state index < -0.39 is 0 Å². The van der Waals surface area contributed by atoms with Crippen LogP contribution in [0.5, 0.6) is 0 Å². The number of benzene rings is 1. The summed E-state index contributed by atoms with van der Waals surface area (Å²) in [6.45, 7) is -0.0862. The summed E-state index contributed by atoms with van der Waals surface area (Å²) in [6, 6.07) is 10.3. The molecule has 0 fully saturated rings. The van der Waals surface area contributed by atoms with Gasteiger partial charge in [-0.3, -0.25) is 0 Å². The zero-order chi connectivity index (χ0) is 19.7. The molecule has 4 aromatic rings. The Labute approximate surface area is 169 Å². The Morgan fingerprint density at radius 2 is 1.86 bits per heavy atom. The molecule has 3 heterocycles. The van der Waals surface area contributed by atoms with Gasteiger partial charge < -0.3 is 15.4 Å². The summed E-state index contributed by atoms with van der Waals surface area (Å²) in [4.78, 5) is 16.3. The Morgan fingerprint density at radius 3 is 2.57 bits per heavy atom. The molecular formula is C19H12Cl2N6O. The van der Waals surface area contributed by atoms with Gasteiger partial charge in [0.1, 0.15) is 17.2 Å². The monoisotopic (exact) mass is 410 g/mol. The first-order valence-electron chi connectivity index (χ1n) is 8.16. The molecule has 0 saturated heterocycles. The van der Waals surface area contributed by atoms with Crippen LogP contribution in [0.1, 0.15) is 11.1 Å². The summed E-state index contributed by atoms with van der Waals surface area (Å²) in [5.74, 6) is 1.48. The van der Waals surface area contributed by atoms with Crippen molar-refractivity contribution in [1.82, 2.24) is 19.9 Å². The number of nitrogens with zero attached hydrogens (tertiary/aromatic N) is 4. The van der Waals surface area contributed by atoms with Gasteiger partial charge in [0.05, 0.1) is 39.4 Å². The number of fused-ring (bicyclic) bond motifs is 1. The lowest BCUT2D eigenvalue weighted by molar-refractivity contribution is 0.282. The lowest BCUT2D eigenvalue weighted by Gasteiger charge is -2.06. The molecule has 0 aliphatic heterocycles. The lowest BCUT2D eigenvalue weighted by Crippen LogP contribution is -1.98. The smallest absolute Gasteiger partial charge is 0.159 e. The molecule has 3 aromatic heterocycles. The average Bonchev–Trinajstić information content (AvgIpc) is 3.12. The van der Waals surface area contributed by atoms with Crippen molar-refractivity contribution < 1.29 is 5.11 Å². The highest BCUT2D eigenvalue weighted by atomic mass is 35.5. The molecule has 4 rings (SSSR count). The predicted octanol–water partition coefficient (Wildman–Crippen LogP) is 4.43. The van der Waals surface area contributed by atoms with Crippen LogP contribution >= 0.6 is 23.2 Å². The number of imidazole rings is 1. The van der Waals surface area contributed by atoms with Crippen molar-refractivity contribution in [2.24, 2.45) is 0 Å². The molecule has 0 saturated carbocycles. The maximum Gasteiger partial charge on any atom is 0.159 e. The molecule has 0 unspecified atom stereocenters. The maximum absolute atomic E-state index is 9.28. The third kappa shape index (κ3) is 3.37. The van der Waals surface area contributed by atoms with Crippen LogP contribution in [0.25, 0.3) is 22.4 Å². The minimum Gasteiger partial charge on any atom is -0.392 e. The molecule has 9 heteroatoms. The van der Waals surface area contributed by atoms with Gasteiger partial charge in [0.2, 0.25) is 0 Å². The molecule has 0 bridgehead atoms. The van der Waals surface area contributed by atoms with Crippen molar-refractivity contribution in [3.63, 3.8) is 0 Å². The molecule has 28 heavy (non-hydrogen) atoms. The molecule has 3 N–H and O–H groups in total. The summed E-state index contributed by atoms with van der Waals surface area (Å²) in [5, 5.41) is 22.1. The SMILES string of the molecule is N#Cc1cc(Cl)c(-c2nc3c(Nc4cc(CO)ccn4)nccc3[nH]2)c(Cl)c1. The van der Waals surface area contributed by atoms with Crippen molar-refractivity contribution >= 4 is 45.9 Å². The van der Waals surface area contributed by atoms with Gasteiger partial charge in [0, 0.05) is 12.4 Å². The number of rotatable bonds is 4.